The van der Waals surface area contributed by atoms with E-state index in [1.807, 2.05) is 57.2 Å². The molecule has 1 aromatic heterocycles. The zero-order valence-electron chi connectivity index (χ0n) is 12.3. The molecule has 2 unspecified atom stereocenters. The van der Waals surface area contributed by atoms with Crippen LogP contribution in [0.3, 0.4) is 0 Å². The maximum atomic E-state index is 12.8. The molecule has 0 aliphatic carbocycles. The molecule has 0 amide bonds. The quantitative estimate of drug-likeness (QED) is 0.851. The minimum atomic E-state index is -0.439. The number of aryl methyl sites for hydroxylation is 2. The highest BCUT2D eigenvalue weighted by Gasteiger charge is 2.39. The van der Waals surface area contributed by atoms with Crippen molar-refractivity contribution in [2.45, 2.75) is 26.9 Å². The molecule has 2 heterocycles. The van der Waals surface area contributed by atoms with Gasteiger partial charge in [-0.05, 0) is 26.8 Å². The van der Waals surface area contributed by atoms with Gasteiger partial charge in [0.15, 0.2) is 0 Å². The average molecular weight is 283 g/mol. The van der Waals surface area contributed by atoms with E-state index >= 15 is 0 Å². The fourth-order valence-electron chi connectivity index (χ4n) is 2.62. The van der Waals surface area contributed by atoms with Crippen LogP contribution in [-0.4, -0.2) is 27.5 Å². The summed E-state index contributed by atoms with van der Waals surface area (Å²) in [5.41, 5.74) is 3.22. The fourth-order valence-corrected chi connectivity index (χ4v) is 2.62. The second kappa shape index (κ2) is 5.16. The number of carbonyl (C=O) groups is 1. The van der Waals surface area contributed by atoms with E-state index in [-0.39, 0.29) is 12.0 Å². The van der Waals surface area contributed by atoms with Crippen molar-refractivity contribution in [2.24, 2.45) is 11.1 Å². The van der Waals surface area contributed by atoms with Crippen LogP contribution in [0, 0.1) is 19.8 Å². The molecule has 0 N–H and O–H groups in total. The largest absolute Gasteiger partial charge is 0.391 e. The molecule has 0 saturated carbocycles. The minimum absolute atomic E-state index is 0.104. The molecule has 0 radical (unpaired) electrons. The van der Waals surface area contributed by atoms with Crippen LogP contribution in [0.15, 0.2) is 41.6 Å². The normalized spacial score (nSPS) is 21.0. The van der Waals surface area contributed by atoms with Crippen LogP contribution in [0.25, 0.3) is 0 Å². The fraction of sp³-hybridized carbons (Fsp3) is 0.312. The lowest BCUT2D eigenvalue weighted by Gasteiger charge is -2.15. The maximum absolute atomic E-state index is 12.8. The molecule has 0 bridgehead atoms. The molecule has 5 heteroatoms. The molecule has 108 valence electrons. The summed E-state index contributed by atoms with van der Waals surface area (Å²) in [6.07, 6.45) is -0.295. The molecular formula is C16H17N3O2. The van der Waals surface area contributed by atoms with E-state index in [1.54, 1.807) is 0 Å². The first kappa shape index (κ1) is 13.5. The number of hydrogen-bond acceptors (Lipinski definition) is 4. The zero-order chi connectivity index (χ0) is 15.0. The standard InChI is InChI=1S/C16H17N3O2/c1-10-9-11(2)19(17-10)16(20)14-12(3)21-18-15(14)13-7-5-4-6-8-13/h4-9,12,14H,1-3H3. The summed E-state index contributed by atoms with van der Waals surface area (Å²) in [5.74, 6) is -0.543. The predicted octanol–water partition coefficient (Wildman–Crippen LogP) is 2.58. The molecule has 2 aromatic rings. The number of nitrogens with zero attached hydrogens (tertiary/aromatic N) is 3. The number of oxime groups is 1. The minimum Gasteiger partial charge on any atom is -0.391 e. The Labute approximate surface area is 123 Å². The summed E-state index contributed by atoms with van der Waals surface area (Å²) in [7, 11) is 0. The molecule has 0 fully saturated rings. The van der Waals surface area contributed by atoms with Gasteiger partial charge in [0.1, 0.15) is 17.7 Å². The third-order valence-electron chi connectivity index (χ3n) is 3.64. The smallest absolute Gasteiger partial charge is 0.260 e. The Kier molecular flexibility index (Phi) is 3.33. The first-order chi connectivity index (χ1) is 10.1. The van der Waals surface area contributed by atoms with Crippen LogP contribution in [-0.2, 0) is 4.84 Å². The molecule has 2 atom stereocenters. The molecule has 5 nitrogen and oxygen atoms in total. The van der Waals surface area contributed by atoms with Gasteiger partial charge >= 0.3 is 0 Å². The van der Waals surface area contributed by atoms with E-state index in [2.05, 4.69) is 10.3 Å². The Bertz CT molecular complexity index is 704. The van der Waals surface area contributed by atoms with Gasteiger partial charge in [-0.2, -0.15) is 5.10 Å². The Morgan fingerprint density at radius 3 is 2.57 bits per heavy atom. The van der Waals surface area contributed by atoms with Crippen molar-refractivity contribution in [3.8, 4) is 0 Å². The highest BCUT2D eigenvalue weighted by Crippen LogP contribution is 2.25. The SMILES string of the molecule is Cc1cc(C)n(C(=O)C2C(c3ccccc3)=NOC2C)n1. The highest BCUT2D eigenvalue weighted by molar-refractivity contribution is 6.14. The highest BCUT2D eigenvalue weighted by atomic mass is 16.6. The van der Waals surface area contributed by atoms with Crippen LogP contribution >= 0.6 is 0 Å². The number of rotatable bonds is 2. The van der Waals surface area contributed by atoms with E-state index < -0.39 is 5.92 Å². The van der Waals surface area contributed by atoms with E-state index in [0.717, 1.165) is 17.0 Å². The van der Waals surface area contributed by atoms with Gasteiger partial charge in [-0.15, -0.1) is 0 Å². The molecular weight excluding hydrogens is 266 g/mol. The van der Waals surface area contributed by atoms with Crippen LogP contribution in [0.4, 0.5) is 0 Å². The summed E-state index contributed by atoms with van der Waals surface area (Å²) in [4.78, 5) is 18.2. The van der Waals surface area contributed by atoms with Crippen LogP contribution in [0.5, 0.6) is 0 Å². The topological polar surface area (TPSA) is 56.5 Å². The van der Waals surface area contributed by atoms with Crippen molar-refractivity contribution in [1.82, 2.24) is 9.78 Å². The third kappa shape index (κ3) is 2.35. The van der Waals surface area contributed by atoms with Crippen molar-refractivity contribution in [3.05, 3.63) is 53.3 Å². The first-order valence-electron chi connectivity index (χ1n) is 6.94. The van der Waals surface area contributed by atoms with Gasteiger partial charge in [0.05, 0.1) is 5.69 Å². The maximum Gasteiger partial charge on any atom is 0.260 e. The second-order valence-electron chi connectivity index (χ2n) is 5.31. The van der Waals surface area contributed by atoms with Gasteiger partial charge in [-0.25, -0.2) is 4.68 Å². The Balaban J connectivity index is 1.98. The molecule has 0 saturated heterocycles. The van der Waals surface area contributed by atoms with E-state index in [4.69, 9.17) is 4.84 Å². The van der Waals surface area contributed by atoms with E-state index in [0.29, 0.717) is 5.71 Å². The Morgan fingerprint density at radius 1 is 1.24 bits per heavy atom. The van der Waals surface area contributed by atoms with Crippen molar-refractivity contribution in [1.29, 1.82) is 0 Å². The van der Waals surface area contributed by atoms with Gasteiger partial charge in [0, 0.05) is 11.3 Å². The molecule has 1 aliphatic rings. The van der Waals surface area contributed by atoms with Crippen molar-refractivity contribution >= 4 is 11.6 Å². The molecule has 1 aromatic carbocycles. The number of benzene rings is 1. The van der Waals surface area contributed by atoms with Crippen LogP contribution < -0.4 is 0 Å². The van der Waals surface area contributed by atoms with Gasteiger partial charge in [0.25, 0.3) is 5.91 Å². The van der Waals surface area contributed by atoms with Gasteiger partial charge < -0.3 is 4.84 Å². The van der Waals surface area contributed by atoms with E-state index in [1.165, 1.54) is 4.68 Å². The Hall–Kier alpha value is -2.43. The molecule has 21 heavy (non-hydrogen) atoms. The van der Waals surface area contributed by atoms with Crippen LogP contribution in [0.2, 0.25) is 0 Å². The van der Waals surface area contributed by atoms with Gasteiger partial charge in [-0.3, -0.25) is 4.79 Å². The molecule has 0 spiro atoms. The summed E-state index contributed by atoms with van der Waals surface area (Å²) < 4.78 is 1.45. The summed E-state index contributed by atoms with van der Waals surface area (Å²) in [6, 6.07) is 11.5. The number of carbonyl (C=O) groups excluding carboxylic acids is 1. The lowest BCUT2D eigenvalue weighted by atomic mass is 9.92. The molecule has 3 rings (SSSR count). The van der Waals surface area contributed by atoms with Crippen molar-refractivity contribution in [3.63, 3.8) is 0 Å². The van der Waals surface area contributed by atoms with Crippen LogP contribution in [0.1, 0.15) is 28.7 Å². The van der Waals surface area contributed by atoms with E-state index in [9.17, 15) is 4.79 Å². The average Bonchev–Trinajstić information content (AvgIpc) is 3.02. The third-order valence-corrected chi connectivity index (χ3v) is 3.64. The molecule has 1 aliphatic heterocycles. The van der Waals surface area contributed by atoms with Crippen molar-refractivity contribution in [2.75, 3.05) is 0 Å². The van der Waals surface area contributed by atoms with Crippen molar-refractivity contribution < 1.29 is 9.63 Å². The van der Waals surface area contributed by atoms with Gasteiger partial charge in [0.2, 0.25) is 0 Å². The number of aromatic nitrogens is 2. The lowest BCUT2D eigenvalue weighted by molar-refractivity contribution is 0.0561. The predicted molar refractivity (Wildman–Crippen MR) is 79.3 cm³/mol. The summed E-state index contributed by atoms with van der Waals surface area (Å²) >= 11 is 0. The Morgan fingerprint density at radius 2 is 1.95 bits per heavy atom. The number of hydrogen-bond donors (Lipinski definition) is 0. The first-order valence-corrected chi connectivity index (χ1v) is 6.94. The summed E-state index contributed by atoms with van der Waals surface area (Å²) in [5, 5.41) is 8.38. The monoisotopic (exact) mass is 283 g/mol. The zero-order valence-corrected chi connectivity index (χ0v) is 12.3. The second-order valence-corrected chi connectivity index (χ2v) is 5.31. The van der Waals surface area contributed by atoms with Gasteiger partial charge in [-0.1, -0.05) is 35.5 Å². The lowest BCUT2D eigenvalue weighted by Crippen LogP contribution is -2.35. The summed E-state index contributed by atoms with van der Waals surface area (Å²) in [6.45, 7) is 5.60.